The average Bonchev–Trinajstić information content (AvgIpc) is 2.74. The number of aromatic hydroxyl groups is 1. The Morgan fingerprint density at radius 3 is 2.61 bits per heavy atom. The molecule has 4 rings (SSSR count). The molecule has 1 aliphatic heterocycles. The number of Topliss-reactive ketones (excluding diaryl/α,β-unsaturated/α-hetero) is 1. The highest BCUT2D eigenvalue weighted by atomic mass is 16.3. The first kappa shape index (κ1) is 18.3. The van der Waals surface area contributed by atoms with Crippen LogP contribution in [0.4, 0.5) is 11.4 Å². The van der Waals surface area contributed by atoms with E-state index in [1.165, 1.54) is 6.92 Å². The van der Waals surface area contributed by atoms with Gasteiger partial charge < -0.3 is 10.4 Å². The molecular formula is C23H24N2O3. The molecule has 0 fully saturated rings. The Morgan fingerprint density at radius 2 is 1.89 bits per heavy atom. The van der Waals surface area contributed by atoms with Crippen molar-refractivity contribution in [2.24, 2.45) is 5.41 Å². The fourth-order valence-corrected chi connectivity index (χ4v) is 4.35. The summed E-state index contributed by atoms with van der Waals surface area (Å²) in [5.41, 5.74) is 3.55. The number of amides is 1. The number of anilines is 2. The molecule has 1 amide bonds. The number of nitrogens with zero attached hydrogens (tertiary/aromatic N) is 1. The molecule has 0 saturated heterocycles. The first-order valence-corrected chi connectivity index (χ1v) is 9.48. The second kappa shape index (κ2) is 6.51. The largest absolute Gasteiger partial charge is 0.508 e. The number of phenolic OH excluding ortho intramolecular Hbond substituents is 1. The molecule has 1 atom stereocenters. The fraction of sp³-hybridized carbons (Fsp3) is 0.304. The summed E-state index contributed by atoms with van der Waals surface area (Å²) in [6.45, 7) is 5.67. The van der Waals surface area contributed by atoms with Crippen molar-refractivity contribution >= 4 is 23.1 Å². The van der Waals surface area contributed by atoms with Crippen molar-refractivity contribution in [3.8, 4) is 5.75 Å². The Kier molecular flexibility index (Phi) is 4.26. The van der Waals surface area contributed by atoms with E-state index in [0.717, 1.165) is 17.1 Å². The lowest BCUT2D eigenvalue weighted by Crippen LogP contribution is -2.38. The van der Waals surface area contributed by atoms with Crippen LogP contribution in [0.15, 0.2) is 59.8 Å². The molecule has 144 valence electrons. The molecule has 5 heteroatoms. The lowest BCUT2D eigenvalue weighted by molar-refractivity contribution is -0.118. The van der Waals surface area contributed by atoms with Gasteiger partial charge in [-0.15, -0.1) is 0 Å². The summed E-state index contributed by atoms with van der Waals surface area (Å²) in [5.74, 6) is -0.0163. The van der Waals surface area contributed by atoms with Crippen LogP contribution in [-0.4, -0.2) is 16.8 Å². The number of allylic oxidation sites excluding steroid dienone is 1. The number of phenols is 1. The number of benzene rings is 2. The van der Waals surface area contributed by atoms with Crippen LogP contribution in [0.3, 0.4) is 0 Å². The molecule has 2 aliphatic rings. The van der Waals surface area contributed by atoms with Crippen molar-refractivity contribution in [3.05, 3.63) is 65.4 Å². The molecule has 0 spiro atoms. The molecule has 0 radical (unpaired) electrons. The van der Waals surface area contributed by atoms with E-state index < -0.39 is 6.04 Å². The average molecular weight is 376 g/mol. The van der Waals surface area contributed by atoms with Crippen molar-refractivity contribution in [1.82, 2.24) is 0 Å². The molecule has 0 aromatic heterocycles. The zero-order valence-electron chi connectivity index (χ0n) is 16.3. The number of hydrogen-bond acceptors (Lipinski definition) is 4. The van der Waals surface area contributed by atoms with Gasteiger partial charge in [0.05, 0.1) is 17.4 Å². The minimum Gasteiger partial charge on any atom is -0.508 e. The van der Waals surface area contributed by atoms with Crippen molar-refractivity contribution in [1.29, 1.82) is 0 Å². The molecule has 2 aromatic carbocycles. The second-order valence-electron chi connectivity index (χ2n) is 8.36. The maximum Gasteiger partial charge on any atom is 0.224 e. The van der Waals surface area contributed by atoms with Crippen LogP contribution in [0.5, 0.6) is 5.75 Å². The predicted octanol–water partition coefficient (Wildman–Crippen LogP) is 4.56. The molecule has 2 aromatic rings. The van der Waals surface area contributed by atoms with Gasteiger partial charge in [-0.1, -0.05) is 38.1 Å². The molecule has 0 bridgehead atoms. The van der Waals surface area contributed by atoms with Gasteiger partial charge in [-0.25, -0.2) is 0 Å². The third-order valence-corrected chi connectivity index (χ3v) is 5.43. The number of hydrogen-bond donors (Lipinski definition) is 2. The summed E-state index contributed by atoms with van der Waals surface area (Å²) in [5, 5.41) is 13.5. The standard InChI is InChI=1S/C23H24N2O3/c1-14(26)25-19-10-5-4-9-17(19)24-18-12-23(2,3)13-20(28)21(18)22(25)15-7-6-8-16(27)11-15/h4-11,22,24,27H,12-13H2,1-3H3. The maximum atomic E-state index is 13.3. The van der Waals surface area contributed by atoms with E-state index in [-0.39, 0.29) is 22.9 Å². The molecule has 2 N–H and O–H groups in total. The van der Waals surface area contributed by atoms with Gasteiger partial charge in [-0.3, -0.25) is 14.5 Å². The Balaban J connectivity index is 2.02. The number of carbonyl (C=O) groups excluding carboxylic acids is 2. The summed E-state index contributed by atoms with van der Waals surface area (Å²) >= 11 is 0. The number of ketones is 1. The maximum absolute atomic E-state index is 13.3. The van der Waals surface area contributed by atoms with Gasteiger partial charge in [0, 0.05) is 24.6 Å². The molecule has 5 nitrogen and oxygen atoms in total. The van der Waals surface area contributed by atoms with Crippen molar-refractivity contribution in [2.45, 2.75) is 39.7 Å². The first-order valence-electron chi connectivity index (χ1n) is 9.48. The number of carbonyl (C=O) groups is 2. The van der Waals surface area contributed by atoms with Gasteiger partial charge in [0.1, 0.15) is 5.75 Å². The van der Waals surface area contributed by atoms with Crippen molar-refractivity contribution in [3.63, 3.8) is 0 Å². The Labute approximate surface area is 164 Å². The van der Waals surface area contributed by atoms with Crippen molar-refractivity contribution < 1.29 is 14.7 Å². The van der Waals surface area contributed by atoms with Crippen LogP contribution in [0.25, 0.3) is 0 Å². The molecule has 0 saturated carbocycles. The summed E-state index contributed by atoms with van der Waals surface area (Å²) in [7, 11) is 0. The van der Waals surface area contributed by atoms with E-state index in [1.54, 1.807) is 23.1 Å². The molecule has 1 aliphatic carbocycles. The highest BCUT2D eigenvalue weighted by Gasteiger charge is 2.42. The fourth-order valence-electron chi connectivity index (χ4n) is 4.35. The van der Waals surface area contributed by atoms with Crippen molar-refractivity contribution in [2.75, 3.05) is 10.2 Å². The van der Waals surface area contributed by atoms with Crippen LogP contribution in [0.2, 0.25) is 0 Å². The van der Waals surface area contributed by atoms with Gasteiger partial charge in [0.15, 0.2) is 5.78 Å². The van der Waals surface area contributed by atoms with Crippen LogP contribution < -0.4 is 10.2 Å². The summed E-state index contributed by atoms with van der Waals surface area (Å²) in [6, 6.07) is 13.8. The molecule has 1 unspecified atom stereocenters. The quantitative estimate of drug-likeness (QED) is 0.766. The molecule has 1 heterocycles. The van der Waals surface area contributed by atoms with Gasteiger partial charge in [-0.2, -0.15) is 0 Å². The van der Waals surface area contributed by atoms with E-state index in [9.17, 15) is 14.7 Å². The summed E-state index contributed by atoms with van der Waals surface area (Å²) < 4.78 is 0. The van der Waals surface area contributed by atoms with Crippen LogP contribution in [0.1, 0.15) is 45.2 Å². The first-order chi connectivity index (χ1) is 13.3. The normalized spacial score (nSPS) is 20.8. The zero-order valence-corrected chi connectivity index (χ0v) is 16.3. The van der Waals surface area contributed by atoms with Crippen LogP contribution in [-0.2, 0) is 9.59 Å². The number of para-hydroxylation sites is 2. The smallest absolute Gasteiger partial charge is 0.224 e. The van der Waals surface area contributed by atoms with Gasteiger partial charge in [0.2, 0.25) is 5.91 Å². The predicted molar refractivity (Wildman–Crippen MR) is 109 cm³/mol. The highest BCUT2D eigenvalue weighted by molar-refractivity contribution is 6.05. The van der Waals surface area contributed by atoms with Crippen LogP contribution in [0, 0.1) is 5.41 Å². The van der Waals surface area contributed by atoms with Gasteiger partial charge in [-0.05, 0) is 41.7 Å². The van der Waals surface area contributed by atoms with Crippen LogP contribution >= 0.6 is 0 Å². The Hall–Kier alpha value is -3.08. The third kappa shape index (κ3) is 3.07. The summed E-state index contributed by atoms with van der Waals surface area (Å²) in [6.07, 6.45) is 1.13. The lowest BCUT2D eigenvalue weighted by Gasteiger charge is -2.36. The van der Waals surface area contributed by atoms with E-state index in [0.29, 0.717) is 24.0 Å². The minimum absolute atomic E-state index is 0.0335. The minimum atomic E-state index is -0.584. The highest BCUT2D eigenvalue weighted by Crippen LogP contribution is 2.48. The topological polar surface area (TPSA) is 69.6 Å². The molecule has 28 heavy (non-hydrogen) atoms. The number of fused-ring (bicyclic) bond motifs is 1. The van der Waals surface area contributed by atoms with Gasteiger partial charge >= 0.3 is 0 Å². The Bertz CT molecular complexity index is 1010. The SMILES string of the molecule is CC(=O)N1c2ccccc2NC2=C(C(=O)CC(C)(C)C2)C1c1cccc(O)c1. The molecular weight excluding hydrogens is 352 g/mol. The van der Waals surface area contributed by atoms with E-state index >= 15 is 0 Å². The van der Waals surface area contributed by atoms with Gasteiger partial charge in [0.25, 0.3) is 0 Å². The van der Waals surface area contributed by atoms with E-state index in [1.807, 2.05) is 30.3 Å². The number of nitrogens with one attached hydrogen (secondary N) is 1. The third-order valence-electron chi connectivity index (χ3n) is 5.43. The Morgan fingerprint density at radius 1 is 1.14 bits per heavy atom. The number of rotatable bonds is 1. The zero-order chi connectivity index (χ0) is 20.1. The lowest BCUT2D eigenvalue weighted by atomic mass is 9.73. The second-order valence-corrected chi connectivity index (χ2v) is 8.36. The summed E-state index contributed by atoms with van der Waals surface area (Å²) in [4.78, 5) is 27.7. The van der Waals surface area contributed by atoms with E-state index in [4.69, 9.17) is 0 Å². The van der Waals surface area contributed by atoms with E-state index in [2.05, 4.69) is 19.2 Å². The monoisotopic (exact) mass is 376 g/mol.